The van der Waals surface area contributed by atoms with Gasteiger partial charge in [-0.15, -0.1) is 0 Å². The summed E-state index contributed by atoms with van der Waals surface area (Å²) in [7, 11) is 0. The molecule has 2 heteroatoms. The smallest absolute Gasteiger partial charge is 0.149 e. The summed E-state index contributed by atoms with van der Waals surface area (Å²) in [6, 6.07) is 0.136. The molecule has 0 aliphatic carbocycles. The summed E-state index contributed by atoms with van der Waals surface area (Å²) in [6.45, 7) is 10.7. The van der Waals surface area contributed by atoms with Crippen molar-refractivity contribution in [2.24, 2.45) is 11.8 Å². The Balaban J connectivity index is 2.50. The van der Waals surface area contributed by atoms with Gasteiger partial charge in [0.1, 0.15) is 5.78 Å². The molecule has 1 aliphatic rings. The van der Waals surface area contributed by atoms with Crippen molar-refractivity contribution in [3.8, 4) is 0 Å². The standard InChI is InChI=1S/C11H21NO/c1-5-11(13)10(4)12-6-8(2)9(3)7-12/h8-10H,5-7H2,1-4H3. The van der Waals surface area contributed by atoms with Crippen LogP contribution in [0.4, 0.5) is 0 Å². The molecule has 0 aromatic carbocycles. The van der Waals surface area contributed by atoms with E-state index in [0.29, 0.717) is 12.2 Å². The van der Waals surface area contributed by atoms with Gasteiger partial charge in [-0.25, -0.2) is 0 Å². The maximum Gasteiger partial charge on any atom is 0.149 e. The van der Waals surface area contributed by atoms with Gasteiger partial charge in [-0.05, 0) is 18.8 Å². The van der Waals surface area contributed by atoms with E-state index in [1.54, 1.807) is 0 Å². The van der Waals surface area contributed by atoms with Crippen molar-refractivity contribution in [1.29, 1.82) is 0 Å². The van der Waals surface area contributed by atoms with Crippen molar-refractivity contribution in [2.75, 3.05) is 13.1 Å². The average Bonchev–Trinajstić information content (AvgIpc) is 2.44. The molecule has 1 heterocycles. The molecule has 0 saturated carbocycles. The van der Waals surface area contributed by atoms with Crippen LogP contribution in [0.5, 0.6) is 0 Å². The van der Waals surface area contributed by atoms with E-state index in [9.17, 15) is 4.79 Å². The molecular formula is C11H21NO. The van der Waals surface area contributed by atoms with Gasteiger partial charge in [0.15, 0.2) is 0 Å². The van der Waals surface area contributed by atoms with Crippen LogP contribution in [0.25, 0.3) is 0 Å². The van der Waals surface area contributed by atoms with Crippen molar-refractivity contribution in [3.05, 3.63) is 0 Å². The van der Waals surface area contributed by atoms with Gasteiger partial charge in [0.05, 0.1) is 6.04 Å². The lowest BCUT2D eigenvalue weighted by Crippen LogP contribution is -2.37. The number of nitrogens with zero attached hydrogens (tertiary/aromatic N) is 1. The van der Waals surface area contributed by atoms with Gasteiger partial charge in [0, 0.05) is 19.5 Å². The van der Waals surface area contributed by atoms with E-state index in [-0.39, 0.29) is 6.04 Å². The fourth-order valence-corrected chi connectivity index (χ4v) is 1.99. The first-order valence-electron chi connectivity index (χ1n) is 5.33. The minimum absolute atomic E-state index is 0.136. The molecule has 2 nitrogen and oxygen atoms in total. The number of rotatable bonds is 3. The molecule has 13 heavy (non-hydrogen) atoms. The fourth-order valence-electron chi connectivity index (χ4n) is 1.99. The molecule has 1 rings (SSSR count). The van der Waals surface area contributed by atoms with Gasteiger partial charge < -0.3 is 0 Å². The Morgan fingerprint density at radius 1 is 1.38 bits per heavy atom. The molecule has 0 amide bonds. The van der Waals surface area contributed by atoms with Gasteiger partial charge in [0.2, 0.25) is 0 Å². The second kappa shape index (κ2) is 4.23. The highest BCUT2D eigenvalue weighted by Gasteiger charge is 2.31. The van der Waals surface area contributed by atoms with E-state index < -0.39 is 0 Å². The Morgan fingerprint density at radius 3 is 2.23 bits per heavy atom. The first-order chi connectivity index (χ1) is 6.06. The second-order valence-corrected chi connectivity index (χ2v) is 4.40. The Bertz CT molecular complexity index is 181. The number of Topliss-reactive ketones (excluding diaryl/α,β-unsaturated/α-hetero) is 1. The molecule has 0 spiro atoms. The van der Waals surface area contributed by atoms with E-state index in [1.165, 1.54) is 0 Å². The van der Waals surface area contributed by atoms with Gasteiger partial charge >= 0.3 is 0 Å². The molecule has 3 atom stereocenters. The molecule has 0 N–H and O–H groups in total. The Morgan fingerprint density at radius 2 is 1.85 bits per heavy atom. The van der Waals surface area contributed by atoms with E-state index in [1.807, 2.05) is 13.8 Å². The predicted octanol–water partition coefficient (Wildman–Crippen LogP) is 1.94. The molecule has 0 radical (unpaired) electrons. The summed E-state index contributed by atoms with van der Waals surface area (Å²) in [5.74, 6) is 1.86. The molecule has 0 aromatic rings. The van der Waals surface area contributed by atoms with Crippen molar-refractivity contribution >= 4 is 5.78 Å². The van der Waals surface area contributed by atoms with Crippen LogP contribution in [0, 0.1) is 11.8 Å². The van der Waals surface area contributed by atoms with Crippen molar-refractivity contribution in [2.45, 2.75) is 40.2 Å². The lowest BCUT2D eigenvalue weighted by Gasteiger charge is -2.22. The van der Waals surface area contributed by atoms with E-state index in [4.69, 9.17) is 0 Å². The molecule has 1 fully saturated rings. The minimum Gasteiger partial charge on any atom is -0.298 e. The molecule has 1 aliphatic heterocycles. The number of hydrogen-bond acceptors (Lipinski definition) is 2. The first-order valence-corrected chi connectivity index (χ1v) is 5.33. The summed E-state index contributed by atoms with van der Waals surface area (Å²) in [5, 5.41) is 0. The molecule has 0 bridgehead atoms. The number of ketones is 1. The summed E-state index contributed by atoms with van der Waals surface area (Å²) >= 11 is 0. The third kappa shape index (κ3) is 2.31. The summed E-state index contributed by atoms with van der Waals surface area (Å²) < 4.78 is 0. The zero-order chi connectivity index (χ0) is 10.0. The zero-order valence-corrected chi connectivity index (χ0v) is 9.21. The quantitative estimate of drug-likeness (QED) is 0.666. The molecule has 0 aromatic heterocycles. The topological polar surface area (TPSA) is 20.3 Å². The SMILES string of the molecule is CCC(=O)C(C)N1CC(C)C(C)C1. The Hall–Kier alpha value is -0.370. The Labute approximate surface area is 81.3 Å². The predicted molar refractivity (Wildman–Crippen MR) is 54.7 cm³/mol. The second-order valence-electron chi connectivity index (χ2n) is 4.40. The van der Waals surface area contributed by atoms with Crippen LogP contribution in [0.1, 0.15) is 34.1 Å². The van der Waals surface area contributed by atoms with E-state index in [0.717, 1.165) is 24.9 Å². The maximum atomic E-state index is 11.5. The zero-order valence-electron chi connectivity index (χ0n) is 9.21. The summed E-state index contributed by atoms with van der Waals surface area (Å²) in [6.07, 6.45) is 0.667. The average molecular weight is 183 g/mol. The lowest BCUT2D eigenvalue weighted by molar-refractivity contribution is -0.123. The number of carbonyl (C=O) groups is 1. The summed E-state index contributed by atoms with van der Waals surface area (Å²) in [5.41, 5.74) is 0. The highest BCUT2D eigenvalue weighted by Crippen LogP contribution is 2.24. The molecule has 1 saturated heterocycles. The number of hydrogen-bond donors (Lipinski definition) is 0. The Kier molecular flexibility index (Phi) is 3.48. The van der Waals surface area contributed by atoms with Crippen LogP contribution in [-0.4, -0.2) is 29.8 Å². The third-order valence-electron chi connectivity index (χ3n) is 3.38. The van der Waals surface area contributed by atoms with E-state index in [2.05, 4.69) is 18.7 Å². The van der Waals surface area contributed by atoms with Crippen LogP contribution in [0.2, 0.25) is 0 Å². The molecular weight excluding hydrogens is 162 g/mol. The van der Waals surface area contributed by atoms with Crippen LogP contribution in [0.3, 0.4) is 0 Å². The van der Waals surface area contributed by atoms with Crippen LogP contribution >= 0.6 is 0 Å². The highest BCUT2D eigenvalue weighted by molar-refractivity contribution is 5.83. The van der Waals surface area contributed by atoms with Gasteiger partial charge in [-0.3, -0.25) is 9.69 Å². The first kappa shape index (κ1) is 10.7. The van der Waals surface area contributed by atoms with Crippen LogP contribution < -0.4 is 0 Å². The van der Waals surface area contributed by atoms with Gasteiger partial charge in [0.25, 0.3) is 0 Å². The van der Waals surface area contributed by atoms with Gasteiger partial charge in [-0.2, -0.15) is 0 Å². The minimum atomic E-state index is 0.136. The summed E-state index contributed by atoms with van der Waals surface area (Å²) in [4.78, 5) is 13.8. The van der Waals surface area contributed by atoms with Gasteiger partial charge in [-0.1, -0.05) is 20.8 Å². The molecule has 76 valence electrons. The largest absolute Gasteiger partial charge is 0.298 e. The number of carbonyl (C=O) groups excluding carboxylic acids is 1. The third-order valence-corrected chi connectivity index (χ3v) is 3.38. The van der Waals surface area contributed by atoms with Crippen molar-refractivity contribution in [3.63, 3.8) is 0 Å². The van der Waals surface area contributed by atoms with Crippen molar-refractivity contribution < 1.29 is 4.79 Å². The monoisotopic (exact) mass is 183 g/mol. The fraction of sp³-hybridized carbons (Fsp3) is 0.909. The van der Waals surface area contributed by atoms with Crippen LogP contribution in [0.15, 0.2) is 0 Å². The van der Waals surface area contributed by atoms with Crippen LogP contribution in [-0.2, 0) is 4.79 Å². The maximum absolute atomic E-state index is 11.5. The molecule has 3 unspecified atom stereocenters. The normalized spacial score (nSPS) is 32.0. The van der Waals surface area contributed by atoms with Crippen molar-refractivity contribution in [1.82, 2.24) is 4.90 Å². The highest BCUT2D eigenvalue weighted by atomic mass is 16.1. The number of likely N-dealkylation sites (tertiary alicyclic amines) is 1. The van der Waals surface area contributed by atoms with E-state index >= 15 is 0 Å². The lowest BCUT2D eigenvalue weighted by atomic mass is 10.0.